The van der Waals surface area contributed by atoms with Gasteiger partial charge in [0.25, 0.3) is 0 Å². The summed E-state index contributed by atoms with van der Waals surface area (Å²) < 4.78 is 0. The maximum atomic E-state index is 11.1. The van der Waals surface area contributed by atoms with E-state index in [1.807, 2.05) is 30.3 Å². The highest BCUT2D eigenvalue weighted by atomic mass is 35.5. The highest BCUT2D eigenvalue weighted by molar-refractivity contribution is 6.31. The Balaban J connectivity index is 2.61. The molecule has 0 fully saturated rings. The molecule has 0 saturated heterocycles. The first-order valence-electron chi connectivity index (χ1n) is 4.77. The minimum absolute atomic E-state index is 0.221. The lowest BCUT2D eigenvalue weighted by Crippen LogP contribution is -1.99. The molecule has 1 N–H and O–H groups in total. The molecule has 2 aromatic carbocycles. The first-order chi connectivity index (χ1) is 7.68. The van der Waals surface area contributed by atoms with Crippen LogP contribution < -0.4 is 0 Å². The zero-order valence-corrected chi connectivity index (χ0v) is 9.11. The van der Waals surface area contributed by atoms with Gasteiger partial charge in [0.1, 0.15) is 0 Å². The molecule has 2 rings (SSSR count). The van der Waals surface area contributed by atoms with E-state index in [2.05, 4.69) is 0 Å². The standard InChI is InChI=1S/C13H9ClO2/c14-10-6-7-11(12(8-10)13(15)16)9-4-2-1-3-5-9/h1-8H,(H,15,16). The van der Waals surface area contributed by atoms with Crippen LogP contribution >= 0.6 is 11.6 Å². The van der Waals surface area contributed by atoms with Gasteiger partial charge in [-0.3, -0.25) is 0 Å². The first kappa shape index (κ1) is 10.7. The molecule has 0 saturated carbocycles. The summed E-state index contributed by atoms with van der Waals surface area (Å²) >= 11 is 5.79. The largest absolute Gasteiger partial charge is 0.478 e. The molecular formula is C13H9ClO2. The number of benzene rings is 2. The molecule has 2 aromatic rings. The molecule has 16 heavy (non-hydrogen) atoms. The molecule has 0 amide bonds. The average molecular weight is 233 g/mol. The van der Waals surface area contributed by atoms with E-state index >= 15 is 0 Å². The van der Waals surface area contributed by atoms with E-state index in [0.29, 0.717) is 10.6 Å². The fourth-order valence-electron chi connectivity index (χ4n) is 1.56. The van der Waals surface area contributed by atoms with E-state index in [-0.39, 0.29) is 5.56 Å². The summed E-state index contributed by atoms with van der Waals surface area (Å²) in [6.07, 6.45) is 0. The van der Waals surface area contributed by atoms with Crippen molar-refractivity contribution in [2.24, 2.45) is 0 Å². The fraction of sp³-hybridized carbons (Fsp3) is 0. The molecule has 0 spiro atoms. The summed E-state index contributed by atoms with van der Waals surface area (Å²) in [5, 5.41) is 9.52. The van der Waals surface area contributed by atoms with Crippen molar-refractivity contribution >= 4 is 17.6 Å². The zero-order chi connectivity index (χ0) is 11.5. The number of carboxylic acid groups (broad SMARTS) is 1. The van der Waals surface area contributed by atoms with Gasteiger partial charge >= 0.3 is 5.97 Å². The molecule has 0 aliphatic rings. The maximum Gasteiger partial charge on any atom is 0.336 e. The van der Waals surface area contributed by atoms with Crippen LogP contribution in [0.4, 0.5) is 0 Å². The van der Waals surface area contributed by atoms with Crippen molar-refractivity contribution < 1.29 is 9.90 Å². The number of hydrogen-bond acceptors (Lipinski definition) is 1. The normalized spacial score (nSPS) is 10.1. The van der Waals surface area contributed by atoms with E-state index in [4.69, 9.17) is 16.7 Å². The molecule has 0 aliphatic heterocycles. The molecule has 0 aromatic heterocycles. The lowest BCUT2D eigenvalue weighted by Gasteiger charge is -2.06. The van der Waals surface area contributed by atoms with Crippen LogP contribution in [0.5, 0.6) is 0 Å². The molecule has 0 unspecified atom stereocenters. The minimum atomic E-state index is -0.971. The zero-order valence-electron chi connectivity index (χ0n) is 8.35. The van der Waals surface area contributed by atoms with E-state index in [1.165, 1.54) is 6.07 Å². The van der Waals surface area contributed by atoms with Crippen molar-refractivity contribution in [2.45, 2.75) is 0 Å². The number of hydrogen-bond donors (Lipinski definition) is 1. The Bertz CT molecular complexity index is 521. The van der Waals surface area contributed by atoms with Crippen LogP contribution in [0.2, 0.25) is 5.02 Å². The maximum absolute atomic E-state index is 11.1. The van der Waals surface area contributed by atoms with Crippen molar-refractivity contribution in [3.63, 3.8) is 0 Å². The second-order valence-electron chi connectivity index (χ2n) is 3.36. The Kier molecular flexibility index (Phi) is 2.93. The van der Waals surface area contributed by atoms with Crippen molar-refractivity contribution in [2.75, 3.05) is 0 Å². The number of carboxylic acids is 1. The molecule has 0 radical (unpaired) electrons. The molecular weight excluding hydrogens is 224 g/mol. The Morgan fingerprint density at radius 2 is 1.75 bits per heavy atom. The lowest BCUT2D eigenvalue weighted by atomic mass is 10.00. The van der Waals surface area contributed by atoms with Crippen molar-refractivity contribution in [3.05, 3.63) is 59.1 Å². The van der Waals surface area contributed by atoms with Crippen LogP contribution in [0, 0.1) is 0 Å². The number of rotatable bonds is 2. The molecule has 3 heteroatoms. The van der Waals surface area contributed by atoms with Gasteiger partial charge in [-0.2, -0.15) is 0 Å². The van der Waals surface area contributed by atoms with Crippen LogP contribution in [0.15, 0.2) is 48.5 Å². The van der Waals surface area contributed by atoms with Crippen LogP contribution in [-0.4, -0.2) is 11.1 Å². The topological polar surface area (TPSA) is 37.3 Å². The lowest BCUT2D eigenvalue weighted by molar-refractivity contribution is 0.0697. The molecule has 2 nitrogen and oxygen atoms in total. The van der Waals surface area contributed by atoms with Gasteiger partial charge in [0, 0.05) is 5.02 Å². The van der Waals surface area contributed by atoms with Crippen molar-refractivity contribution in [3.8, 4) is 11.1 Å². The number of carbonyl (C=O) groups is 1. The van der Waals surface area contributed by atoms with Gasteiger partial charge in [-0.1, -0.05) is 48.0 Å². The average Bonchev–Trinajstić information content (AvgIpc) is 2.30. The highest BCUT2D eigenvalue weighted by Crippen LogP contribution is 2.26. The van der Waals surface area contributed by atoms with Gasteiger partial charge in [-0.15, -0.1) is 0 Å². The quantitative estimate of drug-likeness (QED) is 0.857. The summed E-state index contributed by atoms with van der Waals surface area (Å²) in [6, 6.07) is 14.3. The van der Waals surface area contributed by atoms with E-state index in [0.717, 1.165) is 5.56 Å². The Morgan fingerprint density at radius 3 is 2.38 bits per heavy atom. The summed E-state index contributed by atoms with van der Waals surface area (Å²) in [4.78, 5) is 11.1. The summed E-state index contributed by atoms with van der Waals surface area (Å²) in [5.74, 6) is -0.971. The summed E-state index contributed by atoms with van der Waals surface area (Å²) in [5.41, 5.74) is 1.77. The third-order valence-corrected chi connectivity index (χ3v) is 2.53. The van der Waals surface area contributed by atoms with Gasteiger partial charge in [0.05, 0.1) is 5.56 Å². The summed E-state index contributed by atoms with van der Waals surface area (Å²) in [7, 11) is 0. The molecule has 80 valence electrons. The van der Waals surface area contributed by atoms with E-state index in [1.54, 1.807) is 12.1 Å². The van der Waals surface area contributed by atoms with Gasteiger partial charge in [0.15, 0.2) is 0 Å². The predicted octanol–water partition coefficient (Wildman–Crippen LogP) is 3.71. The second-order valence-corrected chi connectivity index (χ2v) is 3.80. The fourth-order valence-corrected chi connectivity index (χ4v) is 1.73. The van der Waals surface area contributed by atoms with Gasteiger partial charge in [0.2, 0.25) is 0 Å². The van der Waals surface area contributed by atoms with Crippen LogP contribution in [0.3, 0.4) is 0 Å². The molecule has 0 atom stereocenters. The van der Waals surface area contributed by atoms with E-state index < -0.39 is 5.97 Å². The Labute approximate surface area is 98.1 Å². The van der Waals surface area contributed by atoms with Crippen LogP contribution in [0.1, 0.15) is 10.4 Å². The number of halogens is 1. The smallest absolute Gasteiger partial charge is 0.336 e. The predicted molar refractivity (Wildman–Crippen MR) is 63.8 cm³/mol. The van der Waals surface area contributed by atoms with Gasteiger partial charge in [-0.25, -0.2) is 4.79 Å². The molecule has 0 heterocycles. The Hall–Kier alpha value is -1.80. The van der Waals surface area contributed by atoms with Crippen LogP contribution in [0.25, 0.3) is 11.1 Å². The summed E-state index contributed by atoms with van der Waals surface area (Å²) in [6.45, 7) is 0. The van der Waals surface area contributed by atoms with E-state index in [9.17, 15) is 4.79 Å². The third-order valence-electron chi connectivity index (χ3n) is 2.30. The minimum Gasteiger partial charge on any atom is -0.478 e. The Morgan fingerprint density at radius 1 is 1.06 bits per heavy atom. The van der Waals surface area contributed by atoms with Gasteiger partial charge < -0.3 is 5.11 Å². The second kappa shape index (κ2) is 4.37. The SMILES string of the molecule is O=C(O)c1cc(Cl)ccc1-c1ccccc1. The van der Waals surface area contributed by atoms with Crippen molar-refractivity contribution in [1.29, 1.82) is 0 Å². The van der Waals surface area contributed by atoms with Gasteiger partial charge in [-0.05, 0) is 23.3 Å². The molecule has 0 bridgehead atoms. The number of aromatic carboxylic acids is 1. The van der Waals surface area contributed by atoms with Crippen molar-refractivity contribution in [1.82, 2.24) is 0 Å². The van der Waals surface area contributed by atoms with Crippen LogP contribution in [-0.2, 0) is 0 Å². The third kappa shape index (κ3) is 2.07. The first-order valence-corrected chi connectivity index (χ1v) is 5.14. The molecule has 0 aliphatic carbocycles. The highest BCUT2D eigenvalue weighted by Gasteiger charge is 2.11. The monoisotopic (exact) mass is 232 g/mol.